The maximum absolute atomic E-state index is 6.21. The van der Waals surface area contributed by atoms with E-state index in [9.17, 15) is 0 Å². The van der Waals surface area contributed by atoms with E-state index in [0.717, 1.165) is 21.8 Å². The summed E-state index contributed by atoms with van der Waals surface area (Å²) in [6.45, 7) is 0. The molecular formula is C12H8ClN3S. The average molecular weight is 262 g/mol. The van der Waals surface area contributed by atoms with Crippen molar-refractivity contribution in [3.63, 3.8) is 0 Å². The fraction of sp³-hybridized carbons (Fsp3) is 0. The van der Waals surface area contributed by atoms with Crippen molar-refractivity contribution < 1.29 is 0 Å². The van der Waals surface area contributed by atoms with Crippen LogP contribution in [0.1, 0.15) is 0 Å². The molecule has 0 radical (unpaired) electrons. The SMILES string of the molecule is Sc1cccc(-c2ccn3nccc3n2)c1Cl. The Bertz CT molecular complexity index is 693. The first kappa shape index (κ1) is 10.6. The maximum Gasteiger partial charge on any atom is 0.155 e. The van der Waals surface area contributed by atoms with E-state index in [4.69, 9.17) is 11.6 Å². The fourth-order valence-electron chi connectivity index (χ4n) is 1.68. The molecule has 2 heterocycles. The molecule has 0 atom stereocenters. The van der Waals surface area contributed by atoms with Gasteiger partial charge in [-0.2, -0.15) is 5.10 Å². The van der Waals surface area contributed by atoms with Crippen LogP contribution in [0.4, 0.5) is 0 Å². The van der Waals surface area contributed by atoms with Gasteiger partial charge in [0.1, 0.15) is 0 Å². The first-order valence-electron chi connectivity index (χ1n) is 5.04. The summed E-state index contributed by atoms with van der Waals surface area (Å²) < 4.78 is 1.71. The van der Waals surface area contributed by atoms with Crippen LogP contribution in [0.3, 0.4) is 0 Å². The van der Waals surface area contributed by atoms with E-state index in [1.54, 1.807) is 10.7 Å². The van der Waals surface area contributed by atoms with Gasteiger partial charge in [-0.1, -0.05) is 23.7 Å². The van der Waals surface area contributed by atoms with Gasteiger partial charge in [-0.3, -0.25) is 0 Å². The monoisotopic (exact) mass is 261 g/mol. The summed E-state index contributed by atoms with van der Waals surface area (Å²) in [5.41, 5.74) is 2.49. The van der Waals surface area contributed by atoms with Crippen molar-refractivity contribution in [1.29, 1.82) is 0 Å². The van der Waals surface area contributed by atoms with Crippen molar-refractivity contribution in [3.8, 4) is 11.3 Å². The molecule has 0 bridgehead atoms. The fourth-order valence-corrected chi connectivity index (χ4v) is 2.11. The molecule has 17 heavy (non-hydrogen) atoms. The van der Waals surface area contributed by atoms with Crippen LogP contribution in [0, 0.1) is 0 Å². The van der Waals surface area contributed by atoms with E-state index >= 15 is 0 Å². The Morgan fingerprint density at radius 2 is 2.06 bits per heavy atom. The molecule has 1 aromatic carbocycles. The summed E-state index contributed by atoms with van der Waals surface area (Å²) in [5, 5.41) is 4.72. The Labute approximate surface area is 108 Å². The van der Waals surface area contributed by atoms with Gasteiger partial charge < -0.3 is 0 Å². The number of fused-ring (bicyclic) bond motifs is 1. The van der Waals surface area contributed by atoms with Crippen molar-refractivity contribution in [1.82, 2.24) is 14.6 Å². The minimum atomic E-state index is 0.618. The molecule has 0 fully saturated rings. The van der Waals surface area contributed by atoms with Crippen LogP contribution in [0.5, 0.6) is 0 Å². The van der Waals surface area contributed by atoms with Crippen molar-refractivity contribution in [3.05, 3.63) is 47.7 Å². The molecular weight excluding hydrogens is 254 g/mol. The first-order valence-corrected chi connectivity index (χ1v) is 5.86. The lowest BCUT2D eigenvalue weighted by atomic mass is 10.1. The second-order valence-corrected chi connectivity index (χ2v) is 4.45. The molecule has 2 aromatic heterocycles. The third kappa shape index (κ3) is 1.79. The number of aromatic nitrogens is 3. The minimum Gasteiger partial charge on any atom is -0.228 e. The lowest BCUT2D eigenvalue weighted by molar-refractivity contribution is 0.941. The number of thiol groups is 1. The van der Waals surface area contributed by atoms with Crippen molar-refractivity contribution in [2.45, 2.75) is 4.90 Å². The molecule has 0 spiro atoms. The first-order chi connectivity index (χ1) is 8.25. The third-order valence-electron chi connectivity index (χ3n) is 2.51. The highest BCUT2D eigenvalue weighted by Crippen LogP contribution is 2.31. The predicted molar refractivity (Wildman–Crippen MR) is 70.7 cm³/mol. The summed E-state index contributed by atoms with van der Waals surface area (Å²) in [7, 11) is 0. The second kappa shape index (κ2) is 4.05. The van der Waals surface area contributed by atoms with Gasteiger partial charge in [-0.25, -0.2) is 9.50 Å². The van der Waals surface area contributed by atoms with Gasteiger partial charge in [-0.05, 0) is 12.1 Å². The highest BCUT2D eigenvalue weighted by molar-refractivity contribution is 7.80. The van der Waals surface area contributed by atoms with Gasteiger partial charge in [0.25, 0.3) is 0 Å². The Kier molecular flexibility index (Phi) is 2.53. The van der Waals surface area contributed by atoms with Gasteiger partial charge in [0.05, 0.1) is 16.9 Å². The molecule has 0 amide bonds. The van der Waals surface area contributed by atoms with Crippen LogP contribution in [-0.2, 0) is 0 Å². The zero-order valence-electron chi connectivity index (χ0n) is 8.71. The normalized spacial score (nSPS) is 10.9. The standard InChI is InChI=1S/C12H8ClN3S/c13-12-8(2-1-3-10(12)17)9-5-7-16-11(15-9)4-6-14-16/h1-7,17H. The molecule has 0 saturated heterocycles. The van der Waals surface area contributed by atoms with E-state index in [0.29, 0.717) is 5.02 Å². The molecule has 3 aromatic rings. The number of halogens is 1. The molecule has 84 valence electrons. The number of benzene rings is 1. The summed E-state index contributed by atoms with van der Waals surface area (Å²) >= 11 is 10.5. The molecule has 0 saturated carbocycles. The molecule has 0 aliphatic carbocycles. The summed E-state index contributed by atoms with van der Waals surface area (Å²) in [4.78, 5) is 5.24. The average Bonchev–Trinajstić information content (AvgIpc) is 2.79. The van der Waals surface area contributed by atoms with Crippen LogP contribution in [0.15, 0.2) is 47.6 Å². The van der Waals surface area contributed by atoms with Gasteiger partial charge in [0, 0.05) is 22.7 Å². The highest BCUT2D eigenvalue weighted by atomic mass is 35.5. The van der Waals surface area contributed by atoms with Gasteiger partial charge in [-0.15, -0.1) is 12.6 Å². The van der Waals surface area contributed by atoms with Gasteiger partial charge >= 0.3 is 0 Å². The Balaban J connectivity index is 2.23. The molecule has 0 aliphatic rings. The second-order valence-electron chi connectivity index (χ2n) is 3.59. The van der Waals surface area contributed by atoms with E-state index in [-0.39, 0.29) is 0 Å². The van der Waals surface area contributed by atoms with Gasteiger partial charge in [0.2, 0.25) is 0 Å². The molecule has 3 nitrogen and oxygen atoms in total. The van der Waals surface area contributed by atoms with E-state index in [1.165, 1.54) is 0 Å². The van der Waals surface area contributed by atoms with E-state index in [1.807, 2.05) is 36.5 Å². The van der Waals surface area contributed by atoms with E-state index in [2.05, 4.69) is 22.7 Å². The number of hydrogen-bond donors (Lipinski definition) is 1. The van der Waals surface area contributed by atoms with Crippen molar-refractivity contribution in [2.75, 3.05) is 0 Å². The predicted octanol–water partition coefficient (Wildman–Crippen LogP) is 3.34. The summed E-state index contributed by atoms with van der Waals surface area (Å²) in [6, 6.07) is 9.42. The lowest BCUT2D eigenvalue weighted by Crippen LogP contribution is -1.92. The zero-order valence-corrected chi connectivity index (χ0v) is 10.4. The Morgan fingerprint density at radius 1 is 1.18 bits per heavy atom. The molecule has 0 aliphatic heterocycles. The minimum absolute atomic E-state index is 0.618. The molecule has 5 heteroatoms. The zero-order chi connectivity index (χ0) is 11.8. The third-order valence-corrected chi connectivity index (χ3v) is 3.42. The van der Waals surface area contributed by atoms with Crippen LogP contribution >= 0.6 is 24.2 Å². The van der Waals surface area contributed by atoms with Crippen LogP contribution in [0.2, 0.25) is 5.02 Å². The largest absolute Gasteiger partial charge is 0.228 e. The lowest BCUT2D eigenvalue weighted by Gasteiger charge is -2.05. The Morgan fingerprint density at radius 3 is 2.94 bits per heavy atom. The van der Waals surface area contributed by atoms with Crippen LogP contribution in [-0.4, -0.2) is 14.6 Å². The smallest absolute Gasteiger partial charge is 0.155 e. The molecule has 0 N–H and O–H groups in total. The quantitative estimate of drug-likeness (QED) is 0.681. The highest BCUT2D eigenvalue weighted by Gasteiger charge is 2.08. The molecule has 3 rings (SSSR count). The maximum atomic E-state index is 6.21. The Hall–Kier alpha value is -1.52. The summed E-state index contributed by atoms with van der Waals surface area (Å²) in [5.74, 6) is 0. The number of hydrogen-bond acceptors (Lipinski definition) is 3. The van der Waals surface area contributed by atoms with Crippen molar-refractivity contribution >= 4 is 29.9 Å². The van der Waals surface area contributed by atoms with Crippen molar-refractivity contribution in [2.24, 2.45) is 0 Å². The van der Waals surface area contributed by atoms with Crippen LogP contribution in [0.25, 0.3) is 16.9 Å². The van der Waals surface area contributed by atoms with Crippen LogP contribution < -0.4 is 0 Å². The van der Waals surface area contributed by atoms with E-state index < -0.39 is 0 Å². The number of nitrogens with zero attached hydrogens (tertiary/aromatic N) is 3. The summed E-state index contributed by atoms with van der Waals surface area (Å²) in [6.07, 6.45) is 3.57. The molecule has 0 unspecified atom stereocenters. The van der Waals surface area contributed by atoms with Gasteiger partial charge in [0.15, 0.2) is 5.65 Å². The number of rotatable bonds is 1. The topological polar surface area (TPSA) is 30.2 Å².